The molecule has 0 saturated heterocycles. The number of carbonyl (C=O) groups is 1. The number of hydrogen-bond acceptors (Lipinski definition) is 7. The number of thioether (sulfide) groups is 1. The average Bonchev–Trinajstić information content (AvgIpc) is 3.30. The van der Waals surface area contributed by atoms with E-state index in [2.05, 4.69) is 21.7 Å². The normalized spacial score (nSPS) is 12.2. The fourth-order valence-electron chi connectivity index (χ4n) is 3.38. The summed E-state index contributed by atoms with van der Waals surface area (Å²) in [7, 11) is 3.29. The first-order valence-corrected chi connectivity index (χ1v) is 10.2. The number of carbonyl (C=O) groups excluding carboxylic acids is 1. The number of nitrogens with zero attached hydrogens (tertiary/aromatic N) is 3. The molecule has 29 heavy (non-hydrogen) atoms. The van der Waals surface area contributed by atoms with Crippen LogP contribution in [0.1, 0.15) is 34.7 Å². The standard InChI is InChI=1S/C21H25N3O4S/c1-13-10-18(15(3)24(13)14(2)11-26-4)19(25)12-29-21-23-22-20(28-21)16-6-8-17(27-5)9-7-16/h6-10,14H,11-12H2,1-5H3/t14-/m1/s1. The molecule has 0 N–H and O–H groups in total. The Bertz CT molecular complexity index is 978. The van der Waals surface area contributed by atoms with Crippen LogP contribution in [0.25, 0.3) is 11.5 Å². The van der Waals surface area contributed by atoms with Crippen LogP contribution in [-0.2, 0) is 4.74 Å². The predicted octanol–water partition coefficient (Wildman–Crippen LogP) is 4.35. The maximum Gasteiger partial charge on any atom is 0.277 e. The molecule has 0 unspecified atom stereocenters. The van der Waals surface area contributed by atoms with Crippen LogP contribution in [-0.4, -0.2) is 47.1 Å². The van der Waals surface area contributed by atoms with E-state index in [9.17, 15) is 4.79 Å². The van der Waals surface area contributed by atoms with Gasteiger partial charge >= 0.3 is 0 Å². The minimum Gasteiger partial charge on any atom is -0.497 e. The van der Waals surface area contributed by atoms with Crippen molar-refractivity contribution in [1.82, 2.24) is 14.8 Å². The highest BCUT2D eigenvalue weighted by molar-refractivity contribution is 7.99. The van der Waals surface area contributed by atoms with Gasteiger partial charge in [0.1, 0.15) is 5.75 Å². The van der Waals surface area contributed by atoms with Gasteiger partial charge in [-0.3, -0.25) is 4.79 Å². The molecular weight excluding hydrogens is 390 g/mol. The minimum atomic E-state index is 0.0307. The van der Waals surface area contributed by atoms with E-state index in [-0.39, 0.29) is 17.6 Å². The molecule has 3 aromatic rings. The van der Waals surface area contributed by atoms with Crippen LogP contribution in [0.2, 0.25) is 0 Å². The molecule has 0 aliphatic carbocycles. The highest BCUT2D eigenvalue weighted by atomic mass is 32.2. The van der Waals surface area contributed by atoms with Crippen molar-refractivity contribution in [2.24, 2.45) is 0 Å². The van der Waals surface area contributed by atoms with Crippen LogP contribution >= 0.6 is 11.8 Å². The Morgan fingerprint density at radius 3 is 2.59 bits per heavy atom. The first kappa shape index (κ1) is 21.1. The van der Waals surface area contributed by atoms with E-state index in [1.807, 2.05) is 44.2 Å². The Balaban J connectivity index is 1.67. The van der Waals surface area contributed by atoms with E-state index < -0.39 is 0 Å². The average molecular weight is 416 g/mol. The Hall–Kier alpha value is -2.58. The first-order valence-electron chi connectivity index (χ1n) is 9.25. The number of ketones is 1. The second kappa shape index (κ2) is 9.28. The summed E-state index contributed by atoms with van der Waals surface area (Å²) < 4.78 is 18.2. The van der Waals surface area contributed by atoms with Crippen LogP contribution < -0.4 is 4.74 Å². The molecule has 0 saturated carbocycles. The molecule has 0 aliphatic heterocycles. The number of aryl methyl sites for hydroxylation is 1. The number of Topliss-reactive ketones (excluding diaryl/α,β-unsaturated/α-hetero) is 1. The van der Waals surface area contributed by atoms with Crippen LogP contribution in [0.5, 0.6) is 5.75 Å². The third kappa shape index (κ3) is 4.71. The van der Waals surface area contributed by atoms with E-state index in [0.29, 0.717) is 23.3 Å². The van der Waals surface area contributed by atoms with Crippen molar-refractivity contribution in [3.8, 4) is 17.2 Å². The molecule has 2 aromatic heterocycles. The zero-order valence-electron chi connectivity index (χ0n) is 17.3. The van der Waals surface area contributed by atoms with E-state index in [1.54, 1.807) is 14.2 Å². The van der Waals surface area contributed by atoms with Gasteiger partial charge in [0.2, 0.25) is 5.89 Å². The summed E-state index contributed by atoms with van der Waals surface area (Å²) in [6, 6.07) is 9.45. The summed E-state index contributed by atoms with van der Waals surface area (Å²) in [6.07, 6.45) is 0. The van der Waals surface area contributed by atoms with Gasteiger partial charge in [-0.25, -0.2) is 0 Å². The van der Waals surface area contributed by atoms with E-state index in [0.717, 1.165) is 22.7 Å². The molecule has 2 heterocycles. The third-order valence-corrected chi connectivity index (χ3v) is 5.52. The van der Waals surface area contributed by atoms with Crippen LogP contribution in [0, 0.1) is 13.8 Å². The maximum absolute atomic E-state index is 12.8. The van der Waals surface area contributed by atoms with E-state index >= 15 is 0 Å². The topological polar surface area (TPSA) is 79.4 Å². The number of methoxy groups -OCH3 is 2. The summed E-state index contributed by atoms with van der Waals surface area (Å²) in [6.45, 7) is 6.63. The van der Waals surface area contributed by atoms with Crippen LogP contribution in [0.15, 0.2) is 40.0 Å². The summed E-state index contributed by atoms with van der Waals surface area (Å²) in [4.78, 5) is 12.8. The second-order valence-corrected chi connectivity index (χ2v) is 7.70. The number of rotatable bonds is 9. The van der Waals surface area contributed by atoms with Gasteiger partial charge in [0, 0.05) is 29.6 Å². The van der Waals surface area contributed by atoms with Crippen LogP contribution in [0.3, 0.4) is 0 Å². The monoisotopic (exact) mass is 415 g/mol. The van der Waals surface area contributed by atoms with Gasteiger partial charge in [-0.1, -0.05) is 11.8 Å². The fraction of sp³-hybridized carbons (Fsp3) is 0.381. The Morgan fingerprint density at radius 2 is 1.93 bits per heavy atom. The molecule has 1 aromatic carbocycles. The molecule has 3 rings (SSSR count). The van der Waals surface area contributed by atoms with Crippen molar-refractivity contribution in [1.29, 1.82) is 0 Å². The van der Waals surface area contributed by atoms with E-state index in [4.69, 9.17) is 13.9 Å². The maximum atomic E-state index is 12.8. The van der Waals surface area contributed by atoms with Gasteiger partial charge in [0.15, 0.2) is 5.78 Å². The lowest BCUT2D eigenvalue weighted by Gasteiger charge is -2.17. The van der Waals surface area contributed by atoms with Gasteiger partial charge in [0.25, 0.3) is 5.22 Å². The quantitative estimate of drug-likeness (QED) is 0.380. The zero-order valence-corrected chi connectivity index (χ0v) is 18.1. The number of aromatic nitrogens is 3. The molecule has 1 atom stereocenters. The van der Waals surface area contributed by atoms with Crippen molar-refractivity contribution < 1.29 is 18.7 Å². The molecule has 0 aliphatic rings. The highest BCUT2D eigenvalue weighted by Gasteiger charge is 2.20. The number of benzene rings is 1. The van der Waals surface area contributed by atoms with Gasteiger partial charge in [0.05, 0.1) is 25.5 Å². The molecule has 0 bridgehead atoms. The van der Waals surface area contributed by atoms with Crippen molar-refractivity contribution in [3.05, 3.63) is 47.3 Å². The third-order valence-electron chi connectivity index (χ3n) is 4.70. The smallest absolute Gasteiger partial charge is 0.277 e. The molecule has 0 fully saturated rings. The van der Waals surface area contributed by atoms with Crippen LogP contribution in [0.4, 0.5) is 0 Å². The lowest BCUT2D eigenvalue weighted by molar-refractivity contribution is 0.102. The summed E-state index contributed by atoms with van der Waals surface area (Å²) in [5.74, 6) is 1.43. The zero-order chi connectivity index (χ0) is 21.0. The highest BCUT2D eigenvalue weighted by Crippen LogP contribution is 2.27. The van der Waals surface area contributed by atoms with E-state index in [1.165, 1.54) is 11.8 Å². The molecule has 0 amide bonds. The lowest BCUT2D eigenvalue weighted by Crippen LogP contribution is -2.14. The SMILES string of the molecule is COC[C@@H](C)n1c(C)cc(C(=O)CSc2nnc(-c3ccc(OC)cc3)o2)c1C. The van der Waals surface area contributed by atoms with Gasteiger partial charge in [-0.05, 0) is 51.1 Å². The van der Waals surface area contributed by atoms with Crippen molar-refractivity contribution in [3.63, 3.8) is 0 Å². The first-order chi connectivity index (χ1) is 13.9. The predicted molar refractivity (Wildman–Crippen MR) is 112 cm³/mol. The molecule has 8 heteroatoms. The number of ether oxygens (including phenoxy) is 2. The molecule has 7 nitrogen and oxygen atoms in total. The largest absolute Gasteiger partial charge is 0.497 e. The Kier molecular flexibility index (Phi) is 6.76. The lowest BCUT2D eigenvalue weighted by atomic mass is 10.2. The fourth-order valence-corrected chi connectivity index (χ4v) is 4.02. The number of hydrogen-bond donors (Lipinski definition) is 0. The minimum absolute atomic E-state index is 0.0307. The van der Waals surface area contributed by atoms with Crippen molar-refractivity contribution in [2.75, 3.05) is 26.6 Å². The van der Waals surface area contributed by atoms with Crippen molar-refractivity contribution in [2.45, 2.75) is 32.0 Å². The van der Waals surface area contributed by atoms with Gasteiger partial charge in [-0.2, -0.15) is 0 Å². The molecule has 0 radical (unpaired) electrons. The molecule has 0 spiro atoms. The van der Waals surface area contributed by atoms with Gasteiger partial charge < -0.3 is 18.5 Å². The van der Waals surface area contributed by atoms with Crippen molar-refractivity contribution >= 4 is 17.5 Å². The second-order valence-electron chi connectivity index (χ2n) is 6.77. The molecular formula is C21H25N3O4S. The van der Waals surface area contributed by atoms with Gasteiger partial charge in [-0.15, -0.1) is 10.2 Å². The summed E-state index contributed by atoms with van der Waals surface area (Å²) >= 11 is 1.24. The molecule has 154 valence electrons. The summed E-state index contributed by atoms with van der Waals surface area (Å²) in [5, 5.41) is 8.47. The Morgan fingerprint density at radius 1 is 1.21 bits per heavy atom. The Labute approximate surface area is 174 Å². The summed E-state index contributed by atoms with van der Waals surface area (Å²) in [5.41, 5.74) is 3.50.